The lowest BCUT2D eigenvalue weighted by atomic mass is 9.90. The van der Waals surface area contributed by atoms with Crippen molar-refractivity contribution in [1.82, 2.24) is 0 Å². The number of esters is 2. The fourth-order valence-electron chi connectivity index (χ4n) is 6.37. The van der Waals surface area contributed by atoms with Gasteiger partial charge in [0, 0.05) is 31.1 Å². The van der Waals surface area contributed by atoms with Crippen LogP contribution in [-0.2, 0) is 23.9 Å². The van der Waals surface area contributed by atoms with Gasteiger partial charge in [-0.3, -0.25) is 14.4 Å². The van der Waals surface area contributed by atoms with E-state index >= 15 is 0 Å². The highest BCUT2D eigenvalue weighted by molar-refractivity contribution is 5.86. The number of aliphatic hydroxyl groups excluding tert-OH is 3. The van der Waals surface area contributed by atoms with Crippen LogP contribution in [0.2, 0.25) is 0 Å². The minimum Gasteiger partial charge on any atom is -0.463 e. The number of hydrogen-bond donors (Lipinski definition) is 3. The van der Waals surface area contributed by atoms with E-state index < -0.39 is 30.2 Å². The molecule has 0 bridgehead atoms. The molecule has 0 amide bonds. The fraction of sp³-hybridized carbons (Fsp3) is 0.829. The van der Waals surface area contributed by atoms with Crippen molar-refractivity contribution in [3.63, 3.8) is 0 Å². The first-order valence-electron chi connectivity index (χ1n) is 19.8. The van der Waals surface area contributed by atoms with Gasteiger partial charge in [0.15, 0.2) is 0 Å². The Morgan fingerprint density at radius 2 is 1.29 bits per heavy atom. The lowest BCUT2D eigenvalue weighted by molar-refractivity contribution is -0.152. The monoisotopic (exact) mass is 693 g/mol. The van der Waals surface area contributed by atoms with Gasteiger partial charge in [0.25, 0.3) is 0 Å². The van der Waals surface area contributed by atoms with Gasteiger partial charge in [-0.05, 0) is 38.0 Å². The zero-order valence-electron chi connectivity index (χ0n) is 31.3. The molecule has 1 fully saturated rings. The summed E-state index contributed by atoms with van der Waals surface area (Å²) in [7, 11) is 0. The van der Waals surface area contributed by atoms with E-state index in [1.807, 2.05) is 12.2 Å². The molecule has 0 saturated heterocycles. The molecule has 3 N–H and O–H groups in total. The van der Waals surface area contributed by atoms with Crippen LogP contribution in [0.3, 0.4) is 0 Å². The van der Waals surface area contributed by atoms with Crippen molar-refractivity contribution in [2.45, 2.75) is 187 Å². The zero-order valence-corrected chi connectivity index (χ0v) is 31.3. The Kier molecular flexibility index (Phi) is 27.2. The molecule has 1 saturated carbocycles. The van der Waals surface area contributed by atoms with Gasteiger partial charge < -0.3 is 24.8 Å². The maximum Gasteiger partial charge on any atom is 0.305 e. The molecule has 1 rings (SSSR count). The Balaban J connectivity index is 2.04. The average molecular weight is 693 g/mol. The van der Waals surface area contributed by atoms with Crippen LogP contribution in [0, 0.1) is 17.8 Å². The molecule has 0 aromatic carbocycles. The molecule has 0 aromatic rings. The second kappa shape index (κ2) is 29.7. The van der Waals surface area contributed by atoms with Crippen molar-refractivity contribution in [2.24, 2.45) is 17.8 Å². The summed E-state index contributed by atoms with van der Waals surface area (Å²) < 4.78 is 10.3. The predicted molar refractivity (Wildman–Crippen MR) is 197 cm³/mol. The molecule has 0 radical (unpaired) electrons. The normalized spacial score (nSPS) is 19.3. The molecule has 8 nitrogen and oxygen atoms in total. The van der Waals surface area contributed by atoms with Crippen LogP contribution in [0.25, 0.3) is 0 Å². The largest absolute Gasteiger partial charge is 0.463 e. The third-order valence-corrected chi connectivity index (χ3v) is 9.49. The number of rotatable bonds is 31. The lowest BCUT2D eigenvalue weighted by Crippen LogP contribution is -2.25. The highest BCUT2D eigenvalue weighted by Crippen LogP contribution is 2.33. The predicted octanol–water partition coefficient (Wildman–Crippen LogP) is 8.73. The standard InChI is InChI=1S/C41H72O8/c1-4-5-18-24-34(42)28-29-37-36(38(44)30-39(37)45)25-20-16-17-22-27-41(47)49-32-35(43)31-48-40(46)26-21-15-13-11-9-7-6-8-10-12-14-19-23-33(2)3/h16,20,28-29,33-38,42-44H,4-15,17-19,21-27,30-32H2,1-3H3/b20-16-,29-28+/t34-,35+,36+,37+,38-/m0/s1. The van der Waals surface area contributed by atoms with Crippen molar-refractivity contribution in [3.05, 3.63) is 24.3 Å². The molecular weight excluding hydrogens is 620 g/mol. The topological polar surface area (TPSA) is 130 Å². The molecule has 0 unspecified atom stereocenters. The summed E-state index contributed by atoms with van der Waals surface area (Å²) in [6, 6.07) is 0. The number of carbonyl (C=O) groups excluding carboxylic acids is 3. The van der Waals surface area contributed by atoms with Crippen LogP contribution in [-0.4, -0.2) is 64.6 Å². The lowest BCUT2D eigenvalue weighted by Gasteiger charge is -2.17. The highest BCUT2D eigenvalue weighted by Gasteiger charge is 2.39. The van der Waals surface area contributed by atoms with Crippen molar-refractivity contribution in [3.8, 4) is 0 Å². The van der Waals surface area contributed by atoms with Crippen molar-refractivity contribution >= 4 is 17.7 Å². The summed E-state index contributed by atoms with van der Waals surface area (Å²) >= 11 is 0. The first kappa shape index (κ1) is 45.0. The van der Waals surface area contributed by atoms with E-state index in [0.29, 0.717) is 32.1 Å². The Labute approximate surface area is 298 Å². The third-order valence-electron chi connectivity index (χ3n) is 9.49. The van der Waals surface area contributed by atoms with E-state index in [9.17, 15) is 29.7 Å². The van der Waals surface area contributed by atoms with Crippen LogP contribution in [0.5, 0.6) is 0 Å². The Morgan fingerprint density at radius 1 is 0.755 bits per heavy atom. The number of allylic oxidation sites excluding steroid dienone is 3. The second-order valence-electron chi connectivity index (χ2n) is 14.7. The SMILES string of the molecule is CCCCC[C@H](O)/C=C/[C@H]1C(=O)C[C@H](O)[C@@H]1C/C=C\CCCC(=O)OC[C@H](O)COC(=O)CCCCCCCCCCCCCCC(C)C. The van der Waals surface area contributed by atoms with Gasteiger partial charge in [0.05, 0.1) is 12.2 Å². The number of ketones is 1. The van der Waals surface area contributed by atoms with E-state index in [0.717, 1.165) is 44.4 Å². The number of ether oxygens (including phenoxy) is 2. The van der Waals surface area contributed by atoms with E-state index in [4.69, 9.17) is 9.47 Å². The van der Waals surface area contributed by atoms with E-state index in [-0.39, 0.29) is 43.7 Å². The van der Waals surface area contributed by atoms with Crippen molar-refractivity contribution in [1.29, 1.82) is 0 Å². The second-order valence-corrected chi connectivity index (χ2v) is 14.7. The Morgan fingerprint density at radius 3 is 1.86 bits per heavy atom. The molecular formula is C41H72O8. The number of hydrogen-bond acceptors (Lipinski definition) is 8. The molecule has 8 heteroatoms. The van der Waals surface area contributed by atoms with Crippen molar-refractivity contribution in [2.75, 3.05) is 13.2 Å². The molecule has 0 aliphatic heterocycles. The van der Waals surface area contributed by atoms with Crippen LogP contribution in [0.4, 0.5) is 0 Å². The summed E-state index contributed by atoms with van der Waals surface area (Å²) in [5, 5.41) is 30.6. The first-order valence-corrected chi connectivity index (χ1v) is 19.8. The molecule has 1 aliphatic carbocycles. The minimum atomic E-state index is -1.05. The van der Waals surface area contributed by atoms with E-state index in [2.05, 4.69) is 20.8 Å². The summed E-state index contributed by atoms with van der Waals surface area (Å²) in [6.45, 7) is 6.31. The first-order chi connectivity index (χ1) is 23.6. The molecule has 5 atom stereocenters. The molecule has 49 heavy (non-hydrogen) atoms. The smallest absolute Gasteiger partial charge is 0.305 e. The van der Waals surface area contributed by atoms with E-state index in [1.54, 1.807) is 12.2 Å². The van der Waals surface area contributed by atoms with Gasteiger partial charge in [0.2, 0.25) is 0 Å². The number of carbonyl (C=O) groups is 3. The number of unbranched alkanes of at least 4 members (excludes halogenated alkanes) is 14. The Bertz CT molecular complexity index is 913. The summed E-state index contributed by atoms with van der Waals surface area (Å²) in [5.41, 5.74) is 0. The van der Waals surface area contributed by atoms with Crippen LogP contribution < -0.4 is 0 Å². The number of Topliss-reactive ketones (excluding diaryl/α,β-unsaturated/α-hetero) is 1. The van der Waals surface area contributed by atoms with Gasteiger partial charge >= 0.3 is 11.9 Å². The minimum absolute atomic E-state index is 0.00228. The molecule has 0 aromatic heterocycles. The maximum absolute atomic E-state index is 12.4. The van der Waals surface area contributed by atoms with E-state index in [1.165, 1.54) is 64.2 Å². The third kappa shape index (κ3) is 24.7. The summed E-state index contributed by atoms with van der Waals surface area (Å²) in [5.74, 6) is -0.534. The van der Waals surface area contributed by atoms with Gasteiger partial charge in [-0.25, -0.2) is 0 Å². The summed E-state index contributed by atoms with van der Waals surface area (Å²) in [6.07, 6.45) is 27.4. The molecule has 284 valence electrons. The molecule has 0 heterocycles. The highest BCUT2D eigenvalue weighted by atomic mass is 16.6. The zero-order chi connectivity index (χ0) is 36.1. The maximum atomic E-state index is 12.4. The van der Waals surface area contributed by atoms with Gasteiger partial charge in [-0.2, -0.15) is 0 Å². The number of aliphatic hydroxyl groups is 3. The van der Waals surface area contributed by atoms with Gasteiger partial charge in [-0.15, -0.1) is 0 Å². The Hall–Kier alpha value is -2.03. The fourth-order valence-corrected chi connectivity index (χ4v) is 6.37. The van der Waals surface area contributed by atoms with Crippen LogP contribution >= 0.6 is 0 Å². The van der Waals surface area contributed by atoms with Crippen molar-refractivity contribution < 1.29 is 39.2 Å². The van der Waals surface area contributed by atoms with Crippen LogP contribution in [0.1, 0.15) is 168 Å². The molecule has 1 aliphatic rings. The molecule has 0 spiro atoms. The van der Waals surface area contributed by atoms with Gasteiger partial charge in [0.1, 0.15) is 25.1 Å². The average Bonchev–Trinajstić information content (AvgIpc) is 3.34. The van der Waals surface area contributed by atoms with Gasteiger partial charge in [-0.1, -0.05) is 141 Å². The quantitative estimate of drug-likeness (QED) is 0.0374. The summed E-state index contributed by atoms with van der Waals surface area (Å²) in [4.78, 5) is 36.5. The van der Waals surface area contributed by atoms with Crippen LogP contribution in [0.15, 0.2) is 24.3 Å².